The van der Waals surface area contributed by atoms with Gasteiger partial charge in [0.15, 0.2) is 5.69 Å². The molecular formula is C16H21N3O2. The molecule has 112 valence electrons. The first-order valence-electron chi connectivity index (χ1n) is 7.45. The third-order valence-corrected chi connectivity index (χ3v) is 4.44. The third kappa shape index (κ3) is 2.37. The number of pyridine rings is 1. The number of carboxylic acids is 1. The van der Waals surface area contributed by atoms with Gasteiger partial charge in [0.05, 0.1) is 11.4 Å². The van der Waals surface area contributed by atoms with Gasteiger partial charge in [0.1, 0.15) is 5.65 Å². The number of fused-ring (bicyclic) bond motifs is 1. The van der Waals surface area contributed by atoms with Crippen molar-refractivity contribution in [2.45, 2.75) is 33.6 Å². The largest absolute Gasteiger partial charge is 0.477 e. The van der Waals surface area contributed by atoms with Crippen LogP contribution in [0.5, 0.6) is 0 Å². The molecule has 0 unspecified atom stereocenters. The molecule has 1 saturated heterocycles. The Bertz CT molecular complexity index is 697. The molecule has 1 aliphatic heterocycles. The maximum atomic E-state index is 11.4. The third-order valence-electron chi connectivity index (χ3n) is 4.44. The highest BCUT2D eigenvalue weighted by Gasteiger charge is 2.21. The number of aryl methyl sites for hydroxylation is 2. The van der Waals surface area contributed by atoms with Gasteiger partial charge in [0.2, 0.25) is 0 Å². The molecule has 0 bridgehead atoms. The lowest BCUT2D eigenvalue weighted by atomic mass is 9.98. The van der Waals surface area contributed by atoms with Gasteiger partial charge in [-0.1, -0.05) is 6.92 Å². The van der Waals surface area contributed by atoms with Crippen LogP contribution < -0.4 is 4.90 Å². The second-order valence-corrected chi connectivity index (χ2v) is 6.09. The fraction of sp³-hybridized carbons (Fsp3) is 0.500. The molecule has 21 heavy (non-hydrogen) atoms. The number of aromatic nitrogens is 2. The summed E-state index contributed by atoms with van der Waals surface area (Å²) in [6, 6.07) is 1.98. The molecule has 1 fully saturated rings. The molecule has 2 aromatic heterocycles. The molecule has 0 aromatic carbocycles. The minimum atomic E-state index is -0.929. The average molecular weight is 287 g/mol. The summed E-state index contributed by atoms with van der Waals surface area (Å²) in [6.07, 6.45) is 4.31. The summed E-state index contributed by atoms with van der Waals surface area (Å²) in [7, 11) is 0. The molecule has 1 aliphatic rings. The molecule has 0 radical (unpaired) electrons. The number of rotatable bonds is 2. The zero-order valence-corrected chi connectivity index (χ0v) is 12.8. The van der Waals surface area contributed by atoms with Gasteiger partial charge in [-0.25, -0.2) is 9.78 Å². The van der Waals surface area contributed by atoms with Crippen molar-refractivity contribution >= 4 is 17.3 Å². The first kappa shape index (κ1) is 13.9. The average Bonchev–Trinajstić information content (AvgIpc) is 2.74. The van der Waals surface area contributed by atoms with Gasteiger partial charge in [0, 0.05) is 19.3 Å². The number of imidazole rings is 1. The zero-order valence-electron chi connectivity index (χ0n) is 12.8. The molecule has 2 aromatic rings. The first-order valence-corrected chi connectivity index (χ1v) is 7.45. The van der Waals surface area contributed by atoms with Crippen molar-refractivity contribution in [2.24, 2.45) is 5.92 Å². The van der Waals surface area contributed by atoms with Crippen LogP contribution in [0.3, 0.4) is 0 Å². The molecule has 0 saturated carbocycles. The van der Waals surface area contributed by atoms with Gasteiger partial charge in [-0.05, 0) is 44.2 Å². The van der Waals surface area contributed by atoms with E-state index in [9.17, 15) is 9.90 Å². The molecule has 0 aliphatic carbocycles. The summed E-state index contributed by atoms with van der Waals surface area (Å²) in [5.41, 5.74) is 3.80. The Morgan fingerprint density at radius 3 is 2.62 bits per heavy atom. The maximum absolute atomic E-state index is 11.4. The van der Waals surface area contributed by atoms with Crippen LogP contribution in [0.25, 0.3) is 5.65 Å². The highest BCUT2D eigenvalue weighted by Crippen LogP contribution is 2.27. The van der Waals surface area contributed by atoms with Crippen molar-refractivity contribution in [1.29, 1.82) is 0 Å². The topological polar surface area (TPSA) is 57.8 Å². The minimum Gasteiger partial charge on any atom is -0.477 e. The normalized spacial score (nSPS) is 16.6. The SMILES string of the molecule is Cc1cc2nc(C)c(C(=O)O)n2cc1N1CCC(C)CC1. The van der Waals surface area contributed by atoms with Crippen LogP contribution in [0.1, 0.15) is 41.5 Å². The summed E-state index contributed by atoms with van der Waals surface area (Å²) in [4.78, 5) is 18.2. The van der Waals surface area contributed by atoms with Crippen molar-refractivity contribution in [1.82, 2.24) is 9.38 Å². The van der Waals surface area contributed by atoms with E-state index in [0.717, 1.165) is 30.3 Å². The second-order valence-electron chi connectivity index (χ2n) is 6.09. The lowest BCUT2D eigenvalue weighted by molar-refractivity contribution is 0.0688. The van der Waals surface area contributed by atoms with E-state index < -0.39 is 5.97 Å². The van der Waals surface area contributed by atoms with Crippen LogP contribution in [-0.2, 0) is 0 Å². The smallest absolute Gasteiger partial charge is 0.354 e. The predicted molar refractivity (Wildman–Crippen MR) is 82.2 cm³/mol. The van der Waals surface area contributed by atoms with Crippen LogP contribution >= 0.6 is 0 Å². The van der Waals surface area contributed by atoms with E-state index in [1.54, 1.807) is 11.3 Å². The molecule has 3 rings (SSSR count). The standard InChI is InChI=1S/C16H21N3O2/c1-10-4-6-18(7-5-10)13-9-19-14(8-11(13)2)17-12(3)15(19)16(20)21/h8-10H,4-7H2,1-3H3,(H,20,21). The Labute approximate surface area is 124 Å². The monoisotopic (exact) mass is 287 g/mol. The van der Waals surface area contributed by atoms with Crippen molar-refractivity contribution in [3.05, 3.63) is 29.2 Å². The van der Waals surface area contributed by atoms with Crippen LogP contribution in [0.15, 0.2) is 12.3 Å². The van der Waals surface area contributed by atoms with Crippen LogP contribution in [-0.4, -0.2) is 33.6 Å². The first-order chi connectivity index (χ1) is 9.97. The molecule has 1 N–H and O–H groups in total. The molecule has 5 heteroatoms. The Kier molecular flexibility index (Phi) is 3.35. The van der Waals surface area contributed by atoms with E-state index in [-0.39, 0.29) is 5.69 Å². The number of anilines is 1. The summed E-state index contributed by atoms with van der Waals surface area (Å²) in [5, 5.41) is 9.38. The summed E-state index contributed by atoms with van der Waals surface area (Å²) in [5.74, 6) is -0.155. The van der Waals surface area contributed by atoms with E-state index in [4.69, 9.17) is 0 Å². The lowest BCUT2D eigenvalue weighted by Gasteiger charge is -2.33. The van der Waals surface area contributed by atoms with Crippen LogP contribution in [0, 0.1) is 19.8 Å². The number of carboxylic acid groups (broad SMARTS) is 1. The Hall–Kier alpha value is -2.04. The van der Waals surface area contributed by atoms with Gasteiger partial charge in [-0.2, -0.15) is 0 Å². The number of aromatic carboxylic acids is 1. The van der Waals surface area contributed by atoms with E-state index >= 15 is 0 Å². The Morgan fingerprint density at radius 2 is 2.00 bits per heavy atom. The van der Waals surface area contributed by atoms with E-state index in [2.05, 4.69) is 23.7 Å². The fourth-order valence-electron chi connectivity index (χ4n) is 3.13. The van der Waals surface area contributed by atoms with Crippen molar-refractivity contribution in [3.63, 3.8) is 0 Å². The highest BCUT2D eigenvalue weighted by atomic mass is 16.4. The molecule has 0 atom stereocenters. The molecule has 5 nitrogen and oxygen atoms in total. The van der Waals surface area contributed by atoms with E-state index in [1.807, 2.05) is 12.3 Å². The van der Waals surface area contributed by atoms with Crippen molar-refractivity contribution < 1.29 is 9.90 Å². The van der Waals surface area contributed by atoms with E-state index in [0.29, 0.717) is 11.3 Å². The van der Waals surface area contributed by atoms with Crippen molar-refractivity contribution in [3.8, 4) is 0 Å². The van der Waals surface area contributed by atoms with Gasteiger partial charge in [0.25, 0.3) is 0 Å². The quantitative estimate of drug-likeness (QED) is 0.922. The Morgan fingerprint density at radius 1 is 1.33 bits per heavy atom. The van der Waals surface area contributed by atoms with Crippen LogP contribution in [0.2, 0.25) is 0 Å². The summed E-state index contributed by atoms with van der Waals surface area (Å²) in [6.45, 7) is 8.16. The molecule has 0 spiro atoms. The molecule has 0 amide bonds. The van der Waals surface area contributed by atoms with Gasteiger partial charge >= 0.3 is 5.97 Å². The predicted octanol–water partition coefficient (Wildman–Crippen LogP) is 2.89. The minimum absolute atomic E-state index is 0.261. The maximum Gasteiger partial charge on any atom is 0.354 e. The number of carbonyl (C=O) groups is 1. The second kappa shape index (κ2) is 5.06. The highest BCUT2D eigenvalue weighted by molar-refractivity contribution is 5.88. The number of hydrogen-bond acceptors (Lipinski definition) is 3. The van der Waals surface area contributed by atoms with Crippen LogP contribution in [0.4, 0.5) is 5.69 Å². The number of hydrogen-bond donors (Lipinski definition) is 1. The van der Waals surface area contributed by atoms with E-state index in [1.165, 1.54) is 12.8 Å². The Balaban J connectivity index is 2.09. The van der Waals surface area contributed by atoms with Gasteiger partial charge in [-0.3, -0.25) is 4.40 Å². The summed E-state index contributed by atoms with van der Waals surface area (Å²) < 4.78 is 1.71. The summed E-state index contributed by atoms with van der Waals surface area (Å²) >= 11 is 0. The molecular weight excluding hydrogens is 266 g/mol. The number of nitrogens with zero attached hydrogens (tertiary/aromatic N) is 3. The fourth-order valence-corrected chi connectivity index (χ4v) is 3.13. The molecule has 3 heterocycles. The number of piperidine rings is 1. The zero-order chi connectivity index (χ0) is 15.1. The van der Waals surface area contributed by atoms with Gasteiger partial charge in [-0.15, -0.1) is 0 Å². The lowest BCUT2D eigenvalue weighted by Crippen LogP contribution is -2.33. The van der Waals surface area contributed by atoms with Gasteiger partial charge < -0.3 is 10.0 Å². The van der Waals surface area contributed by atoms with Crippen molar-refractivity contribution in [2.75, 3.05) is 18.0 Å².